The fourth-order valence-corrected chi connectivity index (χ4v) is 3.53. The number of methoxy groups -OCH3 is 1. The summed E-state index contributed by atoms with van der Waals surface area (Å²) in [4.78, 5) is 8.77. The monoisotopic (exact) mass is 453 g/mol. The van der Waals surface area contributed by atoms with Gasteiger partial charge in [-0.3, -0.25) is 4.98 Å². The van der Waals surface area contributed by atoms with Gasteiger partial charge in [-0.15, -0.1) is 10.2 Å². The molecule has 5 rings (SSSR count). The van der Waals surface area contributed by atoms with Gasteiger partial charge in [-0.05, 0) is 44.2 Å². The Labute approximate surface area is 196 Å². The van der Waals surface area contributed by atoms with Gasteiger partial charge < -0.3 is 19.5 Å². The molecular formula is C26H23N5O3. The summed E-state index contributed by atoms with van der Waals surface area (Å²) < 4.78 is 17.1. The number of nitrogens with one attached hydrogen (secondary N) is 1. The summed E-state index contributed by atoms with van der Waals surface area (Å²) in [6.07, 6.45) is 3.34. The van der Waals surface area contributed by atoms with E-state index in [0.717, 1.165) is 16.5 Å². The minimum atomic E-state index is 0.0128. The average molecular weight is 454 g/mol. The van der Waals surface area contributed by atoms with Crippen molar-refractivity contribution >= 4 is 33.3 Å². The van der Waals surface area contributed by atoms with Gasteiger partial charge in [-0.2, -0.15) is 0 Å². The summed E-state index contributed by atoms with van der Waals surface area (Å²) in [6.45, 7) is 3.93. The number of rotatable bonds is 7. The zero-order chi connectivity index (χ0) is 23.5. The van der Waals surface area contributed by atoms with Crippen molar-refractivity contribution in [2.75, 3.05) is 12.4 Å². The molecule has 3 aromatic heterocycles. The van der Waals surface area contributed by atoms with Gasteiger partial charge in [0.05, 0.1) is 24.9 Å². The van der Waals surface area contributed by atoms with Crippen LogP contribution in [0.4, 0.5) is 11.5 Å². The quantitative estimate of drug-likeness (QED) is 0.325. The van der Waals surface area contributed by atoms with Crippen molar-refractivity contribution < 1.29 is 14.2 Å². The molecule has 0 spiro atoms. The predicted molar refractivity (Wildman–Crippen MR) is 131 cm³/mol. The summed E-state index contributed by atoms with van der Waals surface area (Å²) in [5.41, 5.74) is 2.22. The summed E-state index contributed by atoms with van der Waals surface area (Å²) in [6, 6.07) is 19.1. The first-order valence-corrected chi connectivity index (χ1v) is 10.9. The van der Waals surface area contributed by atoms with E-state index in [1.165, 1.54) is 0 Å². The zero-order valence-corrected chi connectivity index (χ0v) is 19.0. The van der Waals surface area contributed by atoms with E-state index in [9.17, 15) is 0 Å². The molecule has 0 unspecified atom stereocenters. The SMILES string of the molecule is COc1cnc2c(Oc3ccc(Nc4nnc(OC(C)C)c5ccccc45)cc3)ccnc2c1. The van der Waals surface area contributed by atoms with Crippen molar-refractivity contribution in [3.63, 3.8) is 0 Å². The maximum absolute atomic E-state index is 6.08. The number of anilines is 2. The number of fused-ring (bicyclic) bond motifs is 2. The van der Waals surface area contributed by atoms with E-state index in [1.54, 1.807) is 25.6 Å². The third-order valence-electron chi connectivity index (χ3n) is 5.10. The molecule has 34 heavy (non-hydrogen) atoms. The standard InChI is InChI=1S/C26H23N5O3/c1-16(2)33-26-21-7-5-4-6-20(21)25(30-31-26)29-17-8-10-18(11-9-17)34-23-12-13-27-22-14-19(32-3)15-28-24(22)23/h4-16H,1-3H3,(H,29,30). The molecule has 0 atom stereocenters. The summed E-state index contributed by atoms with van der Waals surface area (Å²) in [7, 11) is 1.60. The lowest BCUT2D eigenvalue weighted by Gasteiger charge is -2.14. The van der Waals surface area contributed by atoms with Crippen LogP contribution in [0.25, 0.3) is 21.8 Å². The number of hydrogen-bond donors (Lipinski definition) is 1. The summed E-state index contributed by atoms with van der Waals surface area (Å²) in [5.74, 6) is 3.11. The molecule has 8 nitrogen and oxygen atoms in total. The van der Waals surface area contributed by atoms with Crippen LogP contribution >= 0.6 is 0 Å². The summed E-state index contributed by atoms with van der Waals surface area (Å²) in [5, 5.41) is 13.8. The smallest absolute Gasteiger partial charge is 0.241 e. The van der Waals surface area contributed by atoms with Crippen molar-refractivity contribution in [1.82, 2.24) is 20.2 Å². The second-order valence-electron chi connectivity index (χ2n) is 7.87. The Balaban J connectivity index is 1.38. The fraction of sp³-hybridized carbons (Fsp3) is 0.154. The molecule has 2 aromatic carbocycles. The van der Waals surface area contributed by atoms with Gasteiger partial charge >= 0.3 is 0 Å². The normalized spacial score (nSPS) is 11.1. The van der Waals surface area contributed by atoms with Gasteiger partial charge in [0.2, 0.25) is 5.88 Å². The van der Waals surface area contributed by atoms with Crippen LogP contribution in [-0.4, -0.2) is 33.4 Å². The highest BCUT2D eigenvalue weighted by Crippen LogP contribution is 2.32. The van der Waals surface area contributed by atoms with Crippen molar-refractivity contribution in [2.24, 2.45) is 0 Å². The topological polar surface area (TPSA) is 91.3 Å². The van der Waals surface area contributed by atoms with Gasteiger partial charge in [0.15, 0.2) is 11.6 Å². The second kappa shape index (κ2) is 9.19. The van der Waals surface area contributed by atoms with Crippen LogP contribution in [0.2, 0.25) is 0 Å². The third-order valence-corrected chi connectivity index (χ3v) is 5.10. The van der Waals surface area contributed by atoms with Crippen LogP contribution in [0.1, 0.15) is 13.8 Å². The first kappa shape index (κ1) is 21.4. The largest absolute Gasteiger partial charge is 0.495 e. The first-order chi connectivity index (χ1) is 16.6. The Bertz CT molecular complexity index is 1450. The van der Waals surface area contributed by atoms with Gasteiger partial charge in [-0.25, -0.2) is 4.98 Å². The van der Waals surface area contributed by atoms with E-state index in [0.29, 0.717) is 40.0 Å². The van der Waals surface area contributed by atoms with E-state index in [1.807, 2.05) is 68.4 Å². The fourth-order valence-electron chi connectivity index (χ4n) is 3.53. The number of pyridine rings is 2. The van der Waals surface area contributed by atoms with E-state index >= 15 is 0 Å². The molecule has 0 saturated carbocycles. The molecule has 0 bridgehead atoms. The highest BCUT2D eigenvalue weighted by Gasteiger charge is 2.12. The van der Waals surface area contributed by atoms with Crippen LogP contribution in [-0.2, 0) is 0 Å². The van der Waals surface area contributed by atoms with Crippen molar-refractivity contribution in [2.45, 2.75) is 20.0 Å². The number of benzene rings is 2. The molecule has 0 aliphatic rings. The Morgan fingerprint density at radius 1 is 0.853 bits per heavy atom. The molecule has 5 aromatic rings. The number of ether oxygens (including phenoxy) is 3. The minimum Gasteiger partial charge on any atom is -0.495 e. The maximum Gasteiger partial charge on any atom is 0.241 e. The van der Waals surface area contributed by atoms with Gasteiger partial charge in [-0.1, -0.05) is 18.2 Å². The number of aromatic nitrogens is 4. The lowest BCUT2D eigenvalue weighted by molar-refractivity contribution is 0.233. The third kappa shape index (κ3) is 4.38. The minimum absolute atomic E-state index is 0.0128. The summed E-state index contributed by atoms with van der Waals surface area (Å²) >= 11 is 0. The van der Waals surface area contributed by atoms with E-state index in [-0.39, 0.29) is 6.10 Å². The molecular weight excluding hydrogens is 430 g/mol. The Hall–Kier alpha value is -4.46. The molecule has 0 aliphatic carbocycles. The Morgan fingerprint density at radius 2 is 1.65 bits per heavy atom. The number of nitrogens with zero attached hydrogens (tertiary/aromatic N) is 4. The van der Waals surface area contributed by atoms with Crippen molar-refractivity contribution in [3.8, 4) is 23.1 Å². The van der Waals surface area contributed by atoms with E-state index in [2.05, 4.69) is 25.5 Å². The highest BCUT2D eigenvalue weighted by molar-refractivity contribution is 5.95. The number of hydrogen-bond acceptors (Lipinski definition) is 8. The predicted octanol–water partition coefficient (Wildman–Crippen LogP) is 5.90. The molecule has 1 N–H and O–H groups in total. The Morgan fingerprint density at radius 3 is 2.41 bits per heavy atom. The van der Waals surface area contributed by atoms with Gasteiger partial charge in [0.1, 0.15) is 17.0 Å². The van der Waals surface area contributed by atoms with Crippen LogP contribution in [0.5, 0.6) is 23.1 Å². The molecule has 3 heterocycles. The van der Waals surface area contributed by atoms with Gasteiger partial charge in [0.25, 0.3) is 0 Å². The highest BCUT2D eigenvalue weighted by atomic mass is 16.5. The first-order valence-electron chi connectivity index (χ1n) is 10.9. The van der Waals surface area contributed by atoms with E-state index in [4.69, 9.17) is 14.2 Å². The van der Waals surface area contributed by atoms with Crippen LogP contribution in [0, 0.1) is 0 Å². The zero-order valence-electron chi connectivity index (χ0n) is 19.0. The molecule has 0 aliphatic heterocycles. The molecule has 0 radical (unpaired) electrons. The maximum atomic E-state index is 6.08. The van der Waals surface area contributed by atoms with Crippen LogP contribution in [0.15, 0.2) is 73.1 Å². The van der Waals surface area contributed by atoms with Crippen LogP contribution in [0.3, 0.4) is 0 Å². The van der Waals surface area contributed by atoms with Gasteiger partial charge in [0, 0.05) is 34.8 Å². The molecule has 8 heteroatoms. The lowest BCUT2D eigenvalue weighted by atomic mass is 10.2. The Kier molecular flexibility index (Phi) is 5.78. The average Bonchev–Trinajstić information content (AvgIpc) is 2.86. The van der Waals surface area contributed by atoms with Crippen LogP contribution < -0.4 is 19.5 Å². The second-order valence-corrected chi connectivity index (χ2v) is 7.87. The molecule has 0 fully saturated rings. The van der Waals surface area contributed by atoms with Crippen molar-refractivity contribution in [1.29, 1.82) is 0 Å². The van der Waals surface area contributed by atoms with Crippen molar-refractivity contribution in [3.05, 3.63) is 73.1 Å². The van der Waals surface area contributed by atoms with E-state index < -0.39 is 0 Å². The molecule has 0 saturated heterocycles. The molecule has 170 valence electrons. The lowest BCUT2D eigenvalue weighted by Crippen LogP contribution is -2.09. The molecule has 0 amide bonds.